The van der Waals surface area contributed by atoms with Crippen molar-refractivity contribution in [2.75, 3.05) is 29.9 Å². The fourth-order valence-corrected chi connectivity index (χ4v) is 5.13. The highest BCUT2D eigenvalue weighted by molar-refractivity contribution is 5.93. The predicted octanol–water partition coefficient (Wildman–Crippen LogP) is 2.91. The number of benzene rings is 1. The average Bonchev–Trinajstić information content (AvgIpc) is 3.21. The van der Waals surface area contributed by atoms with Gasteiger partial charge in [0.05, 0.1) is 6.54 Å². The molecule has 24 heavy (non-hydrogen) atoms. The van der Waals surface area contributed by atoms with Gasteiger partial charge in [0.15, 0.2) is 0 Å². The van der Waals surface area contributed by atoms with Crippen LogP contribution in [0.15, 0.2) is 24.3 Å². The van der Waals surface area contributed by atoms with Gasteiger partial charge >= 0.3 is 12.1 Å². The van der Waals surface area contributed by atoms with Crippen molar-refractivity contribution in [2.45, 2.75) is 25.3 Å². The average molecular weight is 327 g/mol. The second-order valence-corrected chi connectivity index (χ2v) is 7.39. The summed E-state index contributed by atoms with van der Waals surface area (Å²) < 4.78 is 4.97. The first-order chi connectivity index (χ1) is 11.7. The van der Waals surface area contributed by atoms with Crippen LogP contribution in [-0.4, -0.2) is 42.8 Å². The summed E-state index contributed by atoms with van der Waals surface area (Å²) >= 11 is 0. The van der Waals surface area contributed by atoms with Crippen molar-refractivity contribution in [3.63, 3.8) is 0 Å². The van der Waals surface area contributed by atoms with Crippen LogP contribution in [-0.2, 0) is 4.74 Å². The number of nitrogens with one attached hydrogen (secondary N) is 1. The molecule has 2 heterocycles. The number of likely N-dealkylation sites (tertiary alicyclic amines) is 1. The number of ether oxygens (including phenoxy) is 1. The van der Waals surface area contributed by atoms with Gasteiger partial charge in [0.2, 0.25) is 0 Å². The monoisotopic (exact) mass is 327 g/mol. The Morgan fingerprint density at radius 3 is 2.92 bits per heavy atom. The molecule has 2 saturated carbocycles. The van der Waals surface area contributed by atoms with Gasteiger partial charge in [-0.3, -0.25) is 4.90 Å². The fourth-order valence-electron chi connectivity index (χ4n) is 5.13. The molecule has 4 aliphatic rings. The zero-order chi connectivity index (χ0) is 16.3. The lowest BCUT2D eigenvalue weighted by Gasteiger charge is -2.50. The Bertz CT molecular complexity index is 705. The van der Waals surface area contributed by atoms with Gasteiger partial charge in [-0.25, -0.2) is 9.59 Å². The van der Waals surface area contributed by atoms with Crippen molar-refractivity contribution in [3.05, 3.63) is 24.3 Å². The van der Waals surface area contributed by atoms with E-state index in [1.54, 1.807) is 4.90 Å². The molecule has 0 unspecified atom stereocenters. The fraction of sp³-hybridized carbons (Fsp3) is 0.556. The summed E-state index contributed by atoms with van der Waals surface area (Å²) in [5.41, 5.74) is 1.49. The Balaban J connectivity index is 1.28. The minimum absolute atomic E-state index is 0.00931. The molecule has 1 aromatic rings. The Hall–Kier alpha value is -2.24. The van der Waals surface area contributed by atoms with E-state index in [0.717, 1.165) is 29.8 Å². The maximum absolute atomic E-state index is 12.6. The first-order valence-corrected chi connectivity index (χ1v) is 8.83. The lowest BCUT2D eigenvalue weighted by Crippen LogP contribution is -2.61. The molecule has 126 valence electrons. The SMILES string of the molecule is O=C1OCCN1c1cccc(NC(=O)N2C[C@H]3[C@H]4CC[C@@H](C4)[C@@H]32)c1. The standard InChI is InChI=1S/C18H21N3O3/c22-17(21-10-15-11-4-5-12(8-11)16(15)21)19-13-2-1-3-14(9-13)20-6-7-24-18(20)23/h1-3,9,11-12,15-16H,4-8,10H2,(H,19,22)/t11-,12-,15-,16-/m0/s1. The molecule has 4 fully saturated rings. The number of carbonyl (C=O) groups excluding carboxylic acids is 2. The van der Waals surface area contributed by atoms with E-state index in [0.29, 0.717) is 25.1 Å². The Kier molecular flexibility index (Phi) is 3.02. The molecule has 3 amide bonds. The maximum Gasteiger partial charge on any atom is 0.414 e. The minimum atomic E-state index is -0.328. The highest BCUT2D eigenvalue weighted by Gasteiger charge is 2.57. The van der Waals surface area contributed by atoms with E-state index in [4.69, 9.17) is 4.74 Å². The Morgan fingerprint density at radius 2 is 2.12 bits per heavy atom. The smallest absolute Gasteiger partial charge is 0.414 e. The van der Waals surface area contributed by atoms with E-state index in [-0.39, 0.29) is 12.1 Å². The van der Waals surface area contributed by atoms with Crippen LogP contribution in [0, 0.1) is 17.8 Å². The second kappa shape index (κ2) is 5.13. The van der Waals surface area contributed by atoms with Crippen molar-refractivity contribution in [3.8, 4) is 0 Å². The lowest BCUT2D eigenvalue weighted by molar-refractivity contribution is 0.0177. The molecule has 0 spiro atoms. The Morgan fingerprint density at radius 1 is 1.25 bits per heavy atom. The lowest BCUT2D eigenvalue weighted by atomic mass is 9.77. The third kappa shape index (κ3) is 2.01. The van der Waals surface area contributed by atoms with E-state index in [1.165, 1.54) is 19.3 Å². The number of fused-ring (bicyclic) bond motifs is 5. The van der Waals surface area contributed by atoms with Gasteiger partial charge < -0.3 is 15.0 Å². The quantitative estimate of drug-likeness (QED) is 0.908. The summed E-state index contributed by atoms with van der Waals surface area (Å²) in [5, 5.41) is 3.00. The number of rotatable bonds is 2. The van der Waals surface area contributed by atoms with E-state index in [1.807, 2.05) is 29.2 Å². The summed E-state index contributed by atoms with van der Waals surface area (Å²) in [6.45, 7) is 1.86. The predicted molar refractivity (Wildman–Crippen MR) is 89.0 cm³/mol. The van der Waals surface area contributed by atoms with Crippen LogP contribution >= 0.6 is 0 Å². The first kappa shape index (κ1) is 14.1. The summed E-state index contributed by atoms with van der Waals surface area (Å²) in [6.07, 6.45) is 3.62. The minimum Gasteiger partial charge on any atom is -0.447 e. The van der Waals surface area contributed by atoms with E-state index in [2.05, 4.69) is 5.32 Å². The van der Waals surface area contributed by atoms with E-state index in [9.17, 15) is 9.59 Å². The highest BCUT2D eigenvalue weighted by Crippen LogP contribution is 2.55. The first-order valence-electron chi connectivity index (χ1n) is 8.83. The molecule has 6 heteroatoms. The summed E-state index contributed by atoms with van der Waals surface area (Å²) in [7, 11) is 0. The molecular weight excluding hydrogens is 306 g/mol. The third-order valence-corrected chi connectivity index (χ3v) is 6.24. The van der Waals surface area contributed by atoms with Crippen molar-refractivity contribution in [1.29, 1.82) is 0 Å². The molecule has 0 aromatic heterocycles. The van der Waals surface area contributed by atoms with Crippen molar-refractivity contribution < 1.29 is 14.3 Å². The van der Waals surface area contributed by atoms with Crippen molar-refractivity contribution >= 4 is 23.5 Å². The molecule has 4 atom stereocenters. The van der Waals surface area contributed by atoms with Crippen LogP contribution in [0.1, 0.15) is 19.3 Å². The number of urea groups is 1. The van der Waals surface area contributed by atoms with E-state index < -0.39 is 0 Å². The molecule has 2 aliphatic heterocycles. The van der Waals surface area contributed by atoms with Crippen LogP contribution in [0.4, 0.5) is 21.0 Å². The molecule has 1 aromatic carbocycles. The zero-order valence-corrected chi connectivity index (χ0v) is 13.5. The molecule has 2 aliphatic carbocycles. The molecule has 2 saturated heterocycles. The number of cyclic esters (lactones) is 1. The number of amides is 3. The number of carbonyl (C=O) groups is 2. The summed E-state index contributed by atoms with van der Waals surface area (Å²) in [5.74, 6) is 2.30. The zero-order valence-electron chi connectivity index (χ0n) is 13.5. The maximum atomic E-state index is 12.6. The van der Waals surface area contributed by atoms with Crippen molar-refractivity contribution in [2.24, 2.45) is 17.8 Å². The molecule has 6 nitrogen and oxygen atoms in total. The largest absolute Gasteiger partial charge is 0.447 e. The number of hydrogen-bond donors (Lipinski definition) is 1. The van der Waals surface area contributed by atoms with Crippen LogP contribution in [0.25, 0.3) is 0 Å². The van der Waals surface area contributed by atoms with Gasteiger partial charge in [-0.1, -0.05) is 6.07 Å². The molecular formula is C18H21N3O3. The molecule has 1 N–H and O–H groups in total. The van der Waals surface area contributed by atoms with Gasteiger partial charge in [-0.2, -0.15) is 0 Å². The van der Waals surface area contributed by atoms with Crippen LogP contribution in [0.3, 0.4) is 0 Å². The van der Waals surface area contributed by atoms with Gasteiger partial charge in [-0.05, 0) is 49.3 Å². The molecule has 0 radical (unpaired) electrons. The van der Waals surface area contributed by atoms with E-state index >= 15 is 0 Å². The molecule has 5 rings (SSSR count). The van der Waals surface area contributed by atoms with Crippen LogP contribution < -0.4 is 10.2 Å². The number of hydrogen-bond acceptors (Lipinski definition) is 3. The van der Waals surface area contributed by atoms with Crippen LogP contribution in [0.2, 0.25) is 0 Å². The third-order valence-electron chi connectivity index (χ3n) is 6.24. The normalized spacial score (nSPS) is 33.2. The Labute approximate surface area is 140 Å². The summed E-state index contributed by atoms with van der Waals surface area (Å²) in [6, 6.07) is 7.86. The number of nitrogens with zero attached hydrogens (tertiary/aromatic N) is 2. The summed E-state index contributed by atoms with van der Waals surface area (Å²) in [4.78, 5) is 27.9. The highest BCUT2D eigenvalue weighted by atomic mass is 16.6. The van der Waals surface area contributed by atoms with Gasteiger partial charge in [0, 0.05) is 29.9 Å². The topological polar surface area (TPSA) is 61.9 Å². The second-order valence-electron chi connectivity index (χ2n) is 7.39. The van der Waals surface area contributed by atoms with Crippen molar-refractivity contribution in [1.82, 2.24) is 4.90 Å². The van der Waals surface area contributed by atoms with Gasteiger partial charge in [0.1, 0.15) is 6.61 Å². The van der Waals surface area contributed by atoms with Crippen LogP contribution in [0.5, 0.6) is 0 Å². The van der Waals surface area contributed by atoms with Gasteiger partial charge in [0.25, 0.3) is 0 Å². The van der Waals surface area contributed by atoms with Gasteiger partial charge in [-0.15, -0.1) is 0 Å². The molecule has 2 bridgehead atoms. The number of anilines is 2.